The number of amides is 1. The van der Waals surface area contributed by atoms with E-state index in [-0.39, 0.29) is 12.0 Å². The molecule has 2 aliphatic heterocycles. The first-order chi connectivity index (χ1) is 11.8. The summed E-state index contributed by atoms with van der Waals surface area (Å²) in [5.41, 5.74) is 1.02. The van der Waals surface area contributed by atoms with E-state index in [2.05, 4.69) is 16.1 Å². The summed E-state index contributed by atoms with van der Waals surface area (Å²) in [4.78, 5) is 22.4. The quantitative estimate of drug-likeness (QED) is 0.801. The molecule has 4 rings (SSSR count). The van der Waals surface area contributed by atoms with Crippen molar-refractivity contribution >= 4 is 22.2 Å². The first kappa shape index (κ1) is 16.1. The highest BCUT2D eigenvalue weighted by Gasteiger charge is 2.25. The Bertz CT molecular complexity index is 657. The second kappa shape index (κ2) is 7.21. The van der Waals surface area contributed by atoms with Gasteiger partial charge >= 0.3 is 0 Å². The summed E-state index contributed by atoms with van der Waals surface area (Å²) < 4.78 is 7.83. The third kappa shape index (κ3) is 3.63. The minimum absolute atomic E-state index is 0.242. The fraction of sp³-hybridized carbons (Fsp3) is 0.647. The fourth-order valence-electron chi connectivity index (χ4n) is 3.60. The Kier molecular flexibility index (Phi) is 4.82. The van der Waals surface area contributed by atoms with Gasteiger partial charge in [0.15, 0.2) is 4.96 Å². The maximum Gasteiger partial charge on any atom is 0.236 e. The summed E-state index contributed by atoms with van der Waals surface area (Å²) in [6.45, 7) is 4.64. The molecule has 0 unspecified atom stereocenters. The monoisotopic (exact) mass is 348 g/mol. The maximum atomic E-state index is 12.6. The van der Waals surface area contributed by atoms with E-state index in [1.807, 2.05) is 20.9 Å². The van der Waals surface area contributed by atoms with Crippen molar-refractivity contribution in [2.45, 2.75) is 38.3 Å². The molecule has 2 fully saturated rings. The SMILES string of the molecule is O=C(CN(Cc1cn2ccsc2n1)C[C@@H]1CCCO1)N1CCCC1. The third-order valence-corrected chi connectivity index (χ3v) is 5.60. The Hall–Kier alpha value is -1.44. The van der Waals surface area contributed by atoms with Gasteiger partial charge in [-0.25, -0.2) is 4.98 Å². The fourth-order valence-corrected chi connectivity index (χ4v) is 4.32. The van der Waals surface area contributed by atoms with Gasteiger partial charge in [0.25, 0.3) is 0 Å². The molecule has 2 aliphatic rings. The summed E-state index contributed by atoms with van der Waals surface area (Å²) >= 11 is 1.64. The number of hydrogen-bond acceptors (Lipinski definition) is 5. The van der Waals surface area contributed by atoms with Gasteiger partial charge in [0.1, 0.15) is 0 Å². The Morgan fingerprint density at radius 1 is 1.38 bits per heavy atom. The van der Waals surface area contributed by atoms with Gasteiger partial charge in [-0.15, -0.1) is 11.3 Å². The van der Waals surface area contributed by atoms with Crippen LogP contribution < -0.4 is 0 Å². The highest BCUT2D eigenvalue weighted by atomic mass is 32.1. The van der Waals surface area contributed by atoms with Crippen molar-refractivity contribution in [2.24, 2.45) is 0 Å². The lowest BCUT2D eigenvalue weighted by Crippen LogP contribution is -2.41. The number of carbonyl (C=O) groups is 1. The first-order valence-corrected chi connectivity index (χ1v) is 9.69. The second-order valence-corrected chi connectivity index (χ2v) is 7.59. The van der Waals surface area contributed by atoms with E-state index in [4.69, 9.17) is 4.74 Å². The van der Waals surface area contributed by atoms with Gasteiger partial charge in [-0.1, -0.05) is 0 Å². The van der Waals surface area contributed by atoms with Crippen LogP contribution in [0.4, 0.5) is 0 Å². The molecular formula is C17H24N4O2S. The van der Waals surface area contributed by atoms with E-state index >= 15 is 0 Å². The lowest BCUT2D eigenvalue weighted by molar-refractivity contribution is -0.131. The summed E-state index contributed by atoms with van der Waals surface area (Å²) in [7, 11) is 0. The van der Waals surface area contributed by atoms with Gasteiger partial charge < -0.3 is 9.64 Å². The number of nitrogens with zero attached hydrogens (tertiary/aromatic N) is 4. The van der Waals surface area contributed by atoms with Gasteiger partial charge in [-0.3, -0.25) is 14.1 Å². The van der Waals surface area contributed by atoms with Crippen molar-refractivity contribution in [3.63, 3.8) is 0 Å². The van der Waals surface area contributed by atoms with Crippen LogP contribution in [-0.2, 0) is 16.1 Å². The largest absolute Gasteiger partial charge is 0.377 e. The zero-order chi connectivity index (χ0) is 16.4. The number of ether oxygens (including phenoxy) is 1. The van der Waals surface area contributed by atoms with Crippen LogP contribution in [-0.4, -0.2) is 64.0 Å². The molecule has 1 atom stereocenters. The number of likely N-dealkylation sites (tertiary alicyclic amines) is 1. The van der Waals surface area contributed by atoms with Crippen molar-refractivity contribution in [3.8, 4) is 0 Å². The molecule has 0 spiro atoms. The lowest BCUT2D eigenvalue weighted by atomic mass is 10.2. The second-order valence-electron chi connectivity index (χ2n) is 6.72. The minimum atomic E-state index is 0.242. The van der Waals surface area contributed by atoms with Crippen molar-refractivity contribution in [3.05, 3.63) is 23.5 Å². The minimum Gasteiger partial charge on any atom is -0.377 e. The van der Waals surface area contributed by atoms with Crippen LogP contribution in [0.2, 0.25) is 0 Å². The average Bonchev–Trinajstić information content (AvgIpc) is 3.32. The molecule has 4 heterocycles. The van der Waals surface area contributed by atoms with Crippen LogP contribution in [0.3, 0.4) is 0 Å². The number of aromatic nitrogens is 2. The summed E-state index contributed by atoms with van der Waals surface area (Å²) in [6, 6.07) is 0. The van der Waals surface area contributed by atoms with Gasteiger partial charge in [0.05, 0.1) is 18.3 Å². The highest BCUT2D eigenvalue weighted by Crippen LogP contribution is 2.17. The van der Waals surface area contributed by atoms with Gasteiger partial charge in [0.2, 0.25) is 5.91 Å². The number of hydrogen-bond donors (Lipinski definition) is 0. The lowest BCUT2D eigenvalue weighted by Gasteiger charge is -2.26. The van der Waals surface area contributed by atoms with Crippen LogP contribution in [0.25, 0.3) is 4.96 Å². The molecule has 2 saturated heterocycles. The Morgan fingerprint density at radius 3 is 3.00 bits per heavy atom. The molecule has 2 aromatic rings. The number of fused-ring (bicyclic) bond motifs is 1. The molecule has 24 heavy (non-hydrogen) atoms. The van der Waals surface area contributed by atoms with Crippen LogP contribution in [0.1, 0.15) is 31.4 Å². The molecule has 0 radical (unpaired) electrons. The van der Waals surface area contributed by atoms with E-state index in [1.165, 1.54) is 0 Å². The van der Waals surface area contributed by atoms with Crippen molar-refractivity contribution < 1.29 is 9.53 Å². The Labute approximate surface area is 146 Å². The predicted octanol–water partition coefficient (Wildman–Crippen LogP) is 2.00. The molecule has 130 valence electrons. The van der Waals surface area contributed by atoms with Crippen LogP contribution >= 0.6 is 11.3 Å². The van der Waals surface area contributed by atoms with E-state index in [0.717, 1.165) is 62.6 Å². The van der Waals surface area contributed by atoms with Crippen molar-refractivity contribution in [1.82, 2.24) is 19.2 Å². The molecular weight excluding hydrogens is 324 g/mol. The third-order valence-electron chi connectivity index (χ3n) is 4.83. The molecule has 6 nitrogen and oxygen atoms in total. The normalized spacial score (nSPS) is 21.4. The van der Waals surface area contributed by atoms with Crippen molar-refractivity contribution in [2.75, 3.05) is 32.8 Å². The average molecular weight is 348 g/mol. The molecule has 0 aliphatic carbocycles. The first-order valence-electron chi connectivity index (χ1n) is 8.81. The smallest absolute Gasteiger partial charge is 0.236 e. The van der Waals surface area contributed by atoms with Crippen LogP contribution in [0, 0.1) is 0 Å². The molecule has 0 saturated carbocycles. The zero-order valence-corrected chi connectivity index (χ0v) is 14.7. The summed E-state index contributed by atoms with van der Waals surface area (Å²) in [5, 5.41) is 2.03. The number of carbonyl (C=O) groups excluding carboxylic acids is 1. The molecule has 1 amide bonds. The van der Waals surface area contributed by atoms with Crippen LogP contribution in [0.5, 0.6) is 0 Å². The zero-order valence-electron chi connectivity index (χ0n) is 13.9. The standard InChI is InChI=1S/C17H24N4O2S/c22-16(20-5-1-2-6-20)13-19(12-15-4-3-8-23-15)10-14-11-21-7-9-24-17(21)18-14/h7,9,11,15H,1-6,8,10,12-13H2/t15-/m0/s1. The molecule has 2 aromatic heterocycles. The number of thiazole rings is 1. The molecule has 0 aromatic carbocycles. The van der Waals surface area contributed by atoms with E-state index in [1.54, 1.807) is 11.3 Å². The molecule has 0 N–H and O–H groups in total. The highest BCUT2D eigenvalue weighted by molar-refractivity contribution is 7.15. The van der Waals surface area contributed by atoms with Gasteiger partial charge in [0, 0.05) is 50.6 Å². The topological polar surface area (TPSA) is 50.1 Å². The predicted molar refractivity (Wildman–Crippen MR) is 93.1 cm³/mol. The number of rotatable bonds is 6. The Morgan fingerprint density at radius 2 is 2.25 bits per heavy atom. The van der Waals surface area contributed by atoms with E-state index in [0.29, 0.717) is 13.1 Å². The van der Waals surface area contributed by atoms with E-state index < -0.39 is 0 Å². The van der Waals surface area contributed by atoms with Gasteiger partial charge in [-0.2, -0.15) is 0 Å². The maximum absolute atomic E-state index is 12.6. The van der Waals surface area contributed by atoms with Crippen molar-refractivity contribution in [1.29, 1.82) is 0 Å². The number of imidazole rings is 1. The van der Waals surface area contributed by atoms with Gasteiger partial charge in [-0.05, 0) is 25.7 Å². The Balaban J connectivity index is 1.43. The molecule has 7 heteroatoms. The summed E-state index contributed by atoms with van der Waals surface area (Å²) in [6.07, 6.45) is 8.82. The molecule has 0 bridgehead atoms. The summed E-state index contributed by atoms with van der Waals surface area (Å²) in [5.74, 6) is 0.242. The van der Waals surface area contributed by atoms with E-state index in [9.17, 15) is 4.79 Å². The van der Waals surface area contributed by atoms with Crippen LogP contribution in [0.15, 0.2) is 17.8 Å².